The van der Waals surface area contributed by atoms with Gasteiger partial charge in [-0.15, -0.1) is 0 Å². The van der Waals surface area contributed by atoms with Crippen LogP contribution in [0.4, 0.5) is 4.39 Å². The summed E-state index contributed by atoms with van der Waals surface area (Å²) in [5.74, 6) is -0.263. The molecule has 0 atom stereocenters. The second-order valence-corrected chi connectivity index (χ2v) is 4.84. The fraction of sp³-hybridized carbons (Fsp3) is 0.571. The lowest BCUT2D eigenvalue weighted by atomic mass is 10.1. The average Bonchev–Trinajstić information content (AvgIpc) is 2.41. The molecule has 0 amide bonds. The van der Waals surface area contributed by atoms with Crippen molar-refractivity contribution in [1.29, 1.82) is 0 Å². The maximum Gasteiger partial charge on any atom is 0.181 e. The molecular formula is C14H19FO4. The van der Waals surface area contributed by atoms with E-state index in [1.807, 2.05) is 6.92 Å². The van der Waals surface area contributed by atoms with Crippen LogP contribution in [0, 0.1) is 5.82 Å². The molecular weight excluding hydrogens is 251 g/mol. The Morgan fingerprint density at radius 1 is 1.32 bits per heavy atom. The molecule has 5 heteroatoms. The predicted molar refractivity (Wildman–Crippen MR) is 67.2 cm³/mol. The Kier molecular flexibility index (Phi) is 4.87. The minimum Gasteiger partial charge on any atom is -0.379 e. The molecule has 0 N–H and O–H groups in total. The van der Waals surface area contributed by atoms with E-state index < -0.39 is 5.60 Å². The Morgan fingerprint density at radius 2 is 2.00 bits per heavy atom. The standard InChI is InChI=1S/C14H19FO4/c1-14(9-17-13(8-16-2)18-10-14)19-7-11-5-3-4-6-12(11)15/h3-6,13H,7-10H2,1-2H3. The van der Waals surface area contributed by atoms with E-state index in [1.54, 1.807) is 25.3 Å². The van der Waals surface area contributed by atoms with Gasteiger partial charge in [-0.05, 0) is 13.0 Å². The zero-order chi connectivity index (χ0) is 13.7. The van der Waals surface area contributed by atoms with E-state index in [0.29, 0.717) is 25.4 Å². The zero-order valence-electron chi connectivity index (χ0n) is 11.2. The maximum absolute atomic E-state index is 13.5. The number of halogens is 1. The Hall–Kier alpha value is -1.01. The van der Waals surface area contributed by atoms with E-state index >= 15 is 0 Å². The Balaban J connectivity index is 1.84. The number of hydrogen-bond acceptors (Lipinski definition) is 4. The third-order valence-electron chi connectivity index (χ3n) is 2.99. The van der Waals surface area contributed by atoms with Gasteiger partial charge in [-0.2, -0.15) is 0 Å². The highest BCUT2D eigenvalue weighted by molar-refractivity contribution is 5.16. The minimum absolute atomic E-state index is 0.199. The second kappa shape index (κ2) is 6.43. The minimum atomic E-state index is -0.563. The molecule has 0 aromatic heterocycles. The highest BCUT2D eigenvalue weighted by Gasteiger charge is 2.33. The van der Waals surface area contributed by atoms with Crippen molar-refractivity contribution in [1.82, 2.24) is 0 Å². The van der Waals surface area contributed by atoms with Gasteiger partial charge in [0.1, 0.15) is 11.4 Å². The summed E-state index contributed by atoms with van der Waals surface area (Å²) in [5.41, 5.74) is -0.0327. The molecule has 1 aliphatic heterocycles. The normalized spacial score (nSPS) is 27.4. The number of methoxy groups -OCH3 is 1. The molecule has 0 unspecified atom stereocenters. The van der Waals surface area contributed by atoms with E-state index in [4.69, 9.17) is 18.9 Å². The van der Waals surface area contributed by atoms with Crippen molar-refractivity contribution in [3.63, 3.8) is 0 Å². The van der Waals surface area contributed by atoms with Crippen LogP contribution in [0.2, 0.25) is 0 Å². The molecule has 2 rings (SSSR count). The SMILES string of the molecule is COCC1OCC(C)(OCc2ccccc2F)CO1. The fourth-order valence-electron chi connectivity index (χ4n) is 1.81. The van der Waals surface area contributed by atoms with Crippen molar-refractivity contribution in [2.24, 2.45) is 0 Å². The lowest BCUT2D eigenvalue weighted by molar-refractivity contribution is -0.273. The summed E-state index contributed by atoms with van der Waals surface area (Å²) in [6, 6.07) is 6.57. The van der Waals surface area contributed by atoms with Gasteiger partial charge in [0.15, 0.2) is 6.29 Å². The third-order valence-corrected chi connectivity index (χ3v) is 2.99. The van der Waals surface area contributed by atoms with Crippen LogP contribution in [0.15, 0.2) is 24.3 Å². The van der Waals surface area contributed by atoms with Gasteiger partial charge in [-0.25, -0.2) is 4.39 Å². The Bertz CT molecular complexity index is 402. The molecule has 106 valence electrons. The van der Waals surface area contributed by atoms with E-state index in [2.05, 4.69) is 0 Å². The number of hydrogen-bond donors (Lipinski definition) is 0. The quantitative estimate of drug-likeness (QED) is 0.821. The maximum atomic E-state index is 13.5. The summed E-state index contributed by atoms with van der Waals surface area (Å²) in [5, 5.41) is 0. The average molecular weight is 270 g/mol. The van der Waals surface area contributed by atoms with Crippen molar-refractivity contribution in [3.05, 3.63) is 35.6 Å². The molecule has 19 heavy (non-hydrogen) atoms. The van der Waals surface area contributed by atoms with Crippen LogP contribution in [0.25, 0.3) is 0 Å². The molecule has 1 saturated heterocycles. The molecule has 0 spiro atoms. The van der Waals surface area contributed by atoms with Crippen molar-refractivity contribution >= 4 is 0 Å². The molecule has 4 nitrogen and oxygen atoms in total. The van der Waals surface area contributed by atoms with E-state index in [1.165, 1.54) is 6.07 Å². The van der Waals surface area contributed by atoms with Gasteiger partial charge in [-0.3, -0.25) is 0 Å². The third kappa shape index (κ3) is 3.98. The van der Waals surface area contributed by atoms with E-state index in [-0.39, 0.29) is 18.7 Å². The first-order chi connectivity index (χ1) is 9.13. The van der Waals surface area contributed by atoms with Gasteiger partial charge in [-0.1, -0.05) is 18.2 Å². The van der Waals surface area contributed by atoms with Crippen molar-refractivity contribution in [3.8, 4) is 0 Å². The van der Waals surface area contributed by atoms with Crippen molar-refractivity contribution in [2.45, 2.75) is 25.4 Å². The summed E-state index contributed by atoms with van der Waals surface area (Å²) in [7, 11) is 1.59. The molecule has 1 heterocycles. The number of ether oxygens (including phenoxy) is 4. The van der Waals surface area contributed by atoms with Crippen LogP contribution < -0.4 is 0 Å². The van der Waals surface area contributed by atoms with Gasteiger partial charge in [0.2, 0.25) is 0 Å². The molecule has 0 aliphatic carbocycles. The lowest BCUT2D eigenvalue weighted by Crippen LogP contribution is -2.48. The summed E-state index contributed by atoms with van der Waals surface area (Å²) in [6.45, 7) is 3.27. The molecule has 0 saturated carbocycles. The molecule has 0 bridgehead atoms. The predicted octanol–water partition coefficient (Wildman–Crippen LogP) is 2.12. The molecule has 1 aliphatic rings. The molecule has 1 aromatic rings. The summed E-state index contributed by atoms with van der Waals surface area (Å²) >= 11 is 0. The molecule has 0 radical (unpaired) electrons. The summed E-state index contributed by atoms with van der Waals surface area (Å²) < 4.78 is 35.1. The highest BCUT2D eigenvalue weighted by atomic mass is 19.1. The van der Waals surface area contributed by atoms with Gasteiger partial charge < -0.3 is 18.9 Å². The summed E-state index contributed by atoms with van der Waals surface area (Å²) in [4.78, 5) is 0. The van der Waals surface area contributed by atoms with Gasteiger partial charge in [0.05, 0.1) is 26.4 Å². The largest absolute Gasteiger partial charge is 0.379 e. The van der Waals surface area contributed by atoms with Gasteiger partial charge in [0, 0.05) is 12.7 Å². The monoisotopic (exact) mass is 270 g/mol. The lowest BCUT2D eigenvalue weighted by Gasteiger charge is -2.37. The Morgan fingerprint density at radius 3 is 2.63 bits per heavy atom. The van der Waals surface area contributed by atoms with E-state index in [0.717, 1.165) is 0 Å². The van der Waals surface area contributed by atoms with Crippen molar-refractivity contribution < 1.29 is 23.3 Å². The van der Waals surface area contributed by atoms with Crippen LogP contribution in [0.1, 0.15) is 12.5 Å². The first kappa shape index (κ1) is 14.4. The highest BCUT2D eigenvalue weighted by Crippen LogP contribution is 2.22. The van der Waals surface area contributed by atoms with Crippen LogP contribution in [-0.4, -0.2) is 38.8 Å². The van der Waals surface area contributed by atoms with Crippen LogP contribution >= 0.6 is 0 Å². The van der Waals surface area contributed by atoms with Gasteiger partial charge >= 0.3 is 0 Å². The summed E-state index contributed by atoms with van der Waals surface area (Å²) in [6.07, 6.45) is -0.352. The van der Waals surface area contributed by atoms with Crippen LogP contribution in [0.3, 0.4) is 0 Å². The zero-order valence-corrected chi connectivity index (χ0v) is 11.2. The smallest absolute Gasteiger partial charge is 0.181 e. The van der Waals surface area contributed by atoms with Crippen LogP contribution in [-0.2, 0) is 25.6 Å². The van der Waals surface area contributed by atoms with Gasteiger partial charge in [0.25, 0.3) is 0 Å². The number of rotatable bonds is 5. The van der Waals surface area contributed by atoms with Crippen LogP contribution in [0.5, 0.6) is 0 Å². The topological polar surface area (TPSA) is 36.9 Å². The molecule has 1 aromatic carbocycles. The van der Waals surface area contributed by atoms with Crippen molar-refractivity contribution in [2.75, 3.05) is 26.9 Å². The molecule has 1 fully saturated rings. The first-order valence-corrected chi connectivity index (χ1v) is 6.22. The second-order valence-electron chi connectivity index (χ2n) is 4.84. The first-order valence-electron chi connectivity index (χ1n) is 6.22. The van der Waals surface area contributed by atoms with E-state index in [9.17, 15) is 4.39 Å². The fourth-order valence-corrected chi connectivity index (χ4v) is 1.81. The number of benzene rings is 1. The Labute approximate surface area is 112 Å².